The van der Waals surface area contributed by atoms with Gasteiger partial charge in [-0.2, -0.15) is 4.31 Å². The Morgan fingerprint density at radius 1 is 1.06 bits per heavy atom. The molecule has 2 aromatic rings. The first kappa shape index (κ1) is 23.5. The molecule has 9 heteroatoms. The van der Waals surface area contributed by atoms with Gasteiger partial charge in [0, 0.05) is 37.3 Å². The van der Waals surface area contributed by atoms with Crippen molar-refractivity contribution >= 4 is 33.2 Å². The predicted molar refractivity (Wildman–Crippen MR) is 122 cm³/mol. The number of carbonyl (C=O) groups is 1. The van der Waals surface area contributed by atoms with Gasteiger partial charge in [0.1, 0.15) is 5.75 Å². The lowest BCUT2D eigenvalue weighted by molar-refractivity contribution is -0.117. The third-order valence-corrected chi connectivity index (χ3v) is 7.86. The third-order valence-electron chi connectivity index (χ3n) is 5.41. The van der Waals surface area contributed by atoms with Crippen LogP contribution in [-0.4, -0.2) is 63.4 Å². The van der Waals surface area contributed by atoms with E-state index in [2.05, 4.69) is 5.32 Å². The van der Waals surface area contributed by atoms with Gasteiger partial charge < -0.3 is 10.1 Å². The molecule has 2 aromatic carbocycles. The van der Waals surface area contributed by atoms with Gasteiger partial charge in [0.15, 0.2) is 0 Å². The molecule has 0 radical (unpaired) electrons. The van der Waals surface area contributed by atoms with Crippen molar-refractivity contribution in [3.05, 3.63) is 52.0 Å². The summed E-state index contributed by atoms with van der Waals surface area (Å²) in [5.74, 6) is 0.305. The smallest absolute Gasteiger partial charge is 0.243 e. The molecule has 7 nitrogen and oxygen atoms in total. The summed E-state index contributed by atoms with van der Waals surface area (Å²) in [5.41, 5.74) is 3.04. The molecule has 1 aliphatic rings. The van der Waals surface area contributed by atoms with Crippen LogP contribution in [0.5, 0.6) is 5.75 Å². The summed E-state index contributed by atoms with van der Waals surface area (Å²) in [7, 11) is -2.04. The number of sulfonamides is 1. The van der Waals surface area contributed by atoms with Crippen LogP contribution in [0.2, 0.25) is 5.02 Å². The van der Waals surface area contributed by atoms with Gasteiger partial charge in [-0.25, -0.2) is 8.42 Å². The van der Waals surface area contributed by atoms with Crippen molar-refractivity contribution in [2.24, 2.45) is 0 Å². The minimum atomic E-state index is -3.56. The van der Waals surface area contributed by atoms with Gasteiger partial charge in [0.25, 0.3) is 0 Å². The molecule has 1 fully saturated rings. The Morgan fingerprint density at radius 2 is 1.74 bits per heavy atom. The summed E-state index contributed by atoms with van der Waals surface area (Å²) < 4.78 is 32.9. The second-order valence-electron chi connectivity index (χ2n) is 7.80. The summed E-state index contributed by atoms with van der Waals surface area (Å²) in [4.78, 5) is 14.8. The number of halogens is 1. The second-order valence-corrected chi connectivity index (χ2v) is 10.1. The van der Waals surface area contributed by atoms with E-state index in [1.165, 1.54) is 11.4 Å². The fourth-order valence-electron chi connectivity index (χ4n) is 3.57. The SMILES string of the molecule is COc1cc(Cl)c(C)cc1NC(=O)CN1CCN(S(=O)(=O)c2cc(C)ccc2C)CC1. The summed E-state index contributed by atoms with van der Waals surface area (Å²) in [6.45, 7) is 7.35. The van der Waals surface area contributed by atoms with E-state index in [0.29, 0.717) is 47.5 Å². The number of ether oxygens (including phenoxy) is 1. The zero-order chi connectivity index (χ0) is 22.8. The third kappa shape index (κ3) is 5.38. The van der Waals surface area contributed by atoms with Gasteiger partial charge >= 0.3 is 0 Å². The summed E-state index contributed by atoms with van der Waals surface area (Å²) in [6.07, 6.45) is 0. The number of piperazine rings is 1. The van der Waals surface area contributed by atoms with Gasteiger partial charge in [-0.1, -0.05) is 23.7 Å². The van der Waals surface area contributed by atoms with E-state index < -0.39 is 10.0 Å². The molecule has 0 aliphatic carbocycles. The quantitative estimate of drug-likeness (QED) is 0.708. The van der Waals surface area contributed by atoms with Crippen molar-refractivity contribution in [3.8, 4) is 5.75 Å². The summed E-state index contributed by atoms with van der Waals surface area (Å²) in [5, 5.41) is 3.43. The molecule has 1 N–H and O–H groups in total. The zero-order valence-corrected chi connectivity index (χ0v) is 19.8. The Bertz CT molecular complexity index is 1080. The van der Waals surface area contributed by atoms with E-state index in [4.69, 9.17) is 16.3 Å². The second kappa shape index (κ2) is 9.56. The van der Waals surface area contributed by atoms with Gasteiger partial charge in [-0.15, -0.1) is 0 Å². The lowest BCUT2D eigenvalue weighted by Crippen LogP contribution is -2.50. The molecule has 0 bridgehead atoms. The highest BCUT2D eigenvalue weighted by Crippen LogP contribution is 2.31. The maximum atomic E-state index is 13.1. The van der Waals surface area contributed by atoms with Crippen LogP contribution < -0.4 is 10.1 Å². The van der Waals surface area contributed by atoms with E-state index >= 15 is 0 Å². The molecule has 31 heavy (non-hydrogen) atoms. The highest BCUT2D eigenvalue weighted by Gasteiger charge is 2.30. The van der Waals surface area contributed by atoms with Crippen LogP contribution in [0.3, 0.4) is 0 Å². The average molecular weight is 466 g/mol. The molecule has 0 aromatic heterocycles. The summed E-state index contributed by atoms with van der Waals surface area (Å²) >= 11 is 6.12. The molecule has 1 saturated heterocycles. The van der Waals surface area contributed by atoms with E-state index in [0.717, 1.165) is 16.7 Å². The highest BCUT2D eigenvalue weighted by atomic mass is 35.5. The predicted octanol–water partition coefficient (Wildman–Crippen LogP) is 3.22. The highest BCUT2D eigenvalue weighted by molar-refractivity contribution is 7.89. The van der Waals surface area contributed by atoms with E-state index in [1.807, 2.05) is 30.9 Å². The molecule has 0 unspecified atom stereocenters. The Balaban J connectivity index is 1.61. The van der Waals surface area contributed by atoms with Gasteiger partial charge in [0.2, 0.25) is 15.9 Å². The lowest BCUT2D eigenvalue weighted by atomic mass is 10.2. The number of nitrogens with one attached hydrogen (secondary N) is 1. The van der Waals surface area contributed by atoms with Crippen molar-refractivity contribution in [1.29, 1.82) is 0 Å². The number of nitrogens with zero attached hydrogens (tertiary/aromatic N) is 2. The average Bonchev–Trinajstić information content (AvgIpc) is 2.72. The van der Waals surface area contributed by atoms with E-state index in [1.54, 1.807) is 25.1 Å². The fraction of sp³-hybridized carbons (Fsp3) is 0.409. The number of carbonyl (C=O) groups excluding carboxylic acids is 1. The van der Waals surface area contributed by atoms with Crippen molar-refractivity contribution in [2.75, 3.05) is 45.2 Å². The molecule has 0 saturated carbocycles. The molecule has 1 aliphatic heterocycles. The number of benzene rings is 2. The largest absolute Gasteiger partial charge is 0.495 e. The van der Waals surface area contributed by atoms with Crippen LogP contribution in [0, 0.1) is 20.8 Å². The molecular weight excluding hydrogens is 438 g/mol. The maximum Gasteiger partial charge on any atom is 0.243 e. The van der Waals surface area contributed by atoms with Gasteiger partial charge in [-0.3, -0.25) is 9.69 Å². The first-order valence-corrected chi connectivity index (χ1v) is 11.9. The summed E-state index contributed by atoms with van der Waals surface area (Å²) in [6, 6.07) is 8.89. The van der Waals surface area contributed by atoms with Gasteiger partial charge in [-0.05, 0) is 49.6 Å². The molecular formula is C22H28ClN3O4S. The molecule has 0 atom stereocenters. The van der Waals surface area contributed by atoms with Crippen LogP contribution in [0.4, 0.5) is 5.69 Å². The molecule has 0 spiro atoms. The normalized spacial score (nSPS) is 15.6. The zero-order valence-electron chi connectivity index (χ0n) is 18.2. The standard InChI is InChI=1S/C22H28ClN3O4S/c1-15-5-6-16(2)21(11-15)31(28,29)26-9-7-25(8-10-26)14-22(27)24-19-12-17(3)18(23)13-20(19)30-4/h5-6,11-13H,7-10,14H2,1-4H3,(H,24,27). The Hall–Kier alpha value is -2.13. The Morgan fingerprint density at radius 3 is 2.39 bits per heavy atom. The first-order chi connectivity index (χ1) is 14.6. The number of methoxy groups -OCH3 is 1. The van der Waals surface area contributed by atoms with E-state index in [-0.39, 0.29) is 12.5 Å². The van der Waals surface area contributed by atoms with Crippen LogP contribution >= 0.6 is 11.6 Å². The lowest BCUT2D eigenvalue weighted by Gasteiger charge is -2.33. The number of anilines is 1. The van der Waals surface area contributed by atoms with Gasteiger partial charge in [0.05, 0.1) is 24.2 Å². The van der Waals surface area contributed by atoms with Crippen molar-refractivity contribution in [3.63, 3.8) is 0 Å². The molecule has 168 valence electrons. The maximum absolute atomic E-state index is 13.1. The van der Waals surface area contributed by atoms with Crippen molar-refractivity contribution in [2.45, 2.75) is 25.7 Å². The number of amides is 1. The fourth-order valence-corrected chi connectivity index (χ4v) is 5.46. The Kier molecular flexibility index (Phi) is 7.26. The van der Waals surface area contributed by atoms with E-state index in [9.17, 15) is 13.2 Å². The van der Waals surface area contributed by atoms with Crippen LogP contribution in [-0.2, 0) is 14.8 Å². The minimum absolute atomic E-state index is 0.169. The van der Waals surface area contributed by atoms with Crippen LogP contribution in [0.15, 0.2) is 35.2 Å². The number of aryl methyl sites for hydroxylation is 3. The van der Waals surface area contributed by atoms with Crippen LogP contribution in [0.25, 0.3) is 0 Å². The molecule has 1 amide bonds. The topological polar surface area (TPSA) is 79.0 Å². The van der Waals surface area contributed by atoms with Crippen LogP contribution in [0.1, 0.15) is 16.7 Å². The minimum Gasteiger partial charge on any atom is -0.495 e. The molecule has 1 heterocycles. The monoisotopic (exact) mass is 465 g/mol. The first-order valence-electron chi connectivity index (χ1n) is 10.1. The number of rotatable bonds is 6. The Labute approximate surface area is 189 Å². The van der Waals surface area contributed by atoms with Crippen molar-refractivity contribution in [1.82, 2.24) is 9.21 Å². The number of hydrogen-bond acceptors (Lipinski definition) is 5. The number of hydrogen-bond donors (Lipinski definition) is 1. The van der Waals surface area contributed by atoms with Crippen molar-refractivity contribution < 1.29 is 17.9 Å². The molecule has 3 rings (SSSR count).